The number of benzene rings is 1. The molecule has 17 heavy (non-hydrogen) atoms. The molecular weight excluding hydrogens is 263 g/mol. The van der Waals surface area contributed by atoms with Crippen molar-refractivity contribution >= 4 is 40.6 Å². The van der Waals surface area contributed by atoms with Crippen molar-refractivity contribution in [2.45, 2.75) is 0 Å². The maximum absolute atomic E-state index is 11.6. The number of nitrogens with zero attached hydrogens (tertiary/aromatic N) is 1. The fourth-order valence-electron chi connectivity index (χ4n) is 1.19. The number of carbonyl (C=O) groups excluding carboxylic acids is 1. The van der Waals surface area contributed by atoms with Gasteiger partial charge >= 0.3 is 6.03 Å². The molecule has 0 aliphatic carbocycles. The Hall–Kier alpha value is -1.72. The van der Waals surface area contributed by atoms with Crippen molar-refractivity contribution in [1.29, 1.82) is 0 Å². The first-order valence-electron chi connectivity index (χ1n) is 4.67. The monoisotopic (exact) mass is 270 g/mol. The molecule has 1 heterocycles. The average Bonchev–Trinajstić information content (AvgIpc) is 2.75. The van der Waals surface area contributed by atoms with Crippen molar-refractivity contribution in [2.75, 3.05) is 10.6 Å². The van der Waals surface area contributed by atoms with Crippen molar-refractivity contribution in [3.63, 3.8) is 0 Å². The molecule has 0 atom stereocenters. The molecule has 88 valence electrons. The Bertz CT molecular complexity index is 527. The van der Waals surface area contributed by atoms with Gasteiger partial charge in [0.25, 0.3) is 0 Å². The van der Waals surface area contributed by atoms with Gasteiger partial charge in [0.2, 0.25) is 0 Å². The number of carbonyl (C=O) groups is 1. The highest BCUT2D eigenvalue weighted by Crippen LogP contribution is 2.25. The zero-order chi connectivity index (χ0) is 12.3. The first kappa shape index (κ1) is 11.8. The molecule has 0 saturated heterocycles. The second-order valence-corrected chi connectivity index (χ2v) is 4.03. The van der Waals surface area contributed by atoms with Crippen LogP contribution in [0.15, 0.2) is 30.6 Å². The predicted molar refractivity (Wildman–Crippen MR) is 67.7 cm³/mol. The normalized spacial score (nSPS) is 10.0. The molecule has 5 nitrogen and oxygen atoms in total. The van der Waals surface area contributed by atoms with Crippen molar-refractivity contribution in [3.8, 4) is 0 Å². The highest BCUT2D eigenvalue weighted by molar-refractivity contribution is 6.36. The van der Waals surface area contributed by atoms with E-state index in [1.165, 1.54) is 6.20 Å². The minimum Gasteiger partial charge on any atom is -0.306 e. The zero-order valence-corrected chi connectivity index (χ0v) is 10.0. The van der Waals surface area contributed by atoms with Crippen molar-refractivity contribution in [2.24, 2.45) is 0 Å². The van der Waals surface area contributed by atoms with E-state index in [0.717, 1.165) is 0 Å². The van der Waals surface area contributed by atoms with Crippen LogP contribution in [-0.2, 0) is 0 Å². The van der Waals surface area contributed by atoms with Crippen LogP contribution in [0.3, 0.4) is 0 Å². The van der Waals surface area contributed by atoms with Gasteiger partial charge in [-0.2, -0.15) is 5.10 Å². The van der Waals surface area contributed by atoms with Gasteiger partial charge in [-0.25, -0.2) is 4.79 Å². The molecule has 1 aromatic carbocycles. The molecule has 0 unspecified atom stereocenters. The molecule has 2 amide bonds. The molecule has 0 spiro atoms. The number of H-pyrrole nitrogens is 1. The average molecular weight is 271 g/mol. The fourth-order valence-corrected chi connectivity index (χ4v) is 1.65. The number of amides is 2. The number of nitrogens with one attached hydrogen (secondary N) is 3. The molecule has 7 heteroatoms. The highest BCUT2D eigenvalue weighted by Gasteiger charge is 2.06. The van der Waals surface area contributed by atoms with E-state index < -0.39 is 6.03 Å². The molecule has 0 saturated carbocycles. The van der Waals surface area contributed by atoms with Gasteiger partial charge in [0.15, 0.2) is 0 Å². The van der Waals surface area contributed by atoms with Gasteiger partial charge in [0.1, 0.15) is 0 Å². The van der Waals surface area contributed by atoms with Crippen molar-refractivity contribution in [3.05, 3.63) is 40.6 Å². The standard InChI is InChI=1S/C10H8Cl2N4O/c11-6-1-2-9(8(12)3-6)16-10(17)15-7-4-13-14-5-7/h1-5H,(H,13,14)(H2,15,16,17). The number of aromatic amines is 1. The summed E-state index contributed by atoms with van der Waals surface area (Å²) in [7, 11) is 0. The summed E-state index contributed by atoms with van der Waals surface area (Å²) in [6.45, 7) is 0. The molecule has 0 aliphatic heterocycles. The van der Waals surface area contributed by atoms with Crippen LogP contribution >= 0.6 is 23.2 Å². The first-order valence-corrected chi connectivity index (χ1v) is 5.42. The Kier molecular flexibility index (Phi) is 3.51. The maximum atomic E-state index is 11.6. The molecule has 0 radical (unpaired) electrons. The van der Waals surface area contributed by atoms with Gasteiger partial charge in [-0.3, -0.25) is 5.10 Å². The summed E-state index contributed by atoms with van der Waals surface area (Å²) in [6, 6.07) is 4.41. The molecule has 3 N–H and O–H groups in total. The number of urea groups is 1. The molecule has 2 rings (SSSR count). The molecule has 2 aromatic rings. The van der Waals surface area contributed by atoms with E-state index in [-0.39, 0.29) is 0 Å². The third-order valence-corrected chi connectivity index (χ3v) is 2.48. The zero-order valence-electron chi connectivity index (χ0n) is 8.50. The van der Waals surface area contributed by atoms with Crippen LogP contribution in [0, 0.1) is 0 Å². The lowest BCUT2D eigenvalue weighted by Crippen LogP contribution is -2.19. The van der Waals surface area contributed by atoms with Crippen LogP contribution in [0.25, 0.3) is 0 Å². The van der Waals surface area contributed by atoms with Crippen molar-refractivity contribution < 1.29 is 4.79 Å². The van der Waals surface area contributed by atoms with E-state index >= 15 is 0 Å². The molecule has 1 aromatic heterocycles. The largest absolute Gasteiger partial charge is 0.323 e. The summed E-state index contributed by atoms with van der Waals surface area (Å²) < 4.78 is 0. The van der Waals surface area contributed by atoms with E-state index in [2.05, 4.69) is 20.8 Å². The maximum Gasteiger partial charge on any atom is 0.323 e. The lowest BCUT2D eigenvalue weighted by molar-refractivity contribution is 0.262. The van der Waals surface area contributed by atoms with Crippen LogP contribution in [0.1, 0.15) is 0 Å². The Morgan fingerprint density at radius 1 is 1.29 bits per heavy atom. The smallest absolute Gasteiger partial charge is 0.306 e. The predicted octanol–water partition coefficient (Wildman–Crippen LogP) is 3.36. The summed E-state index contributed by atoms with van der Waals surface area (Å²) >= 11 is 11.7. The first-order chi connectivity index (χ1) is 8.15. The Labute approximate surface area is 107 Å². The second-order valence-electron chi connectivity index (χ2n) is 3.19. The molecular formula is C10H8Cl2N4O. The number of hydrogen-bond acceptors (Lipinski definition) is 2. The molecule has 0 bridgehead atoms. The number of anilines is 2. The van der Waals surface area contributed by atoms with Gasteiger partial charge < -0.3 is 10.6 Å². The van der Waals surface area contributed by atoms with Crippen molar-refractivity contribution in [1.82, 2.24) is 10.2 Å². The summed E-state index contributed by atoms with van der Waals surface area (Å²) in [4.78, 5) is 11.6. The minimum absolute atomic E-state index is 0.375. The summed E-state index contributed by atoms with van der Waals surface area (Å²) in [5, 5.41) is 12.3. The van der Waals surface area contributed by atoms with Crippen LogP contribution in [0.2, 0.25) is 10.0 Å². The minimum atomic E-state index is -0.407. The van der Waals surface area contributed by atoms with Gasteiger partial charge in [0, 0.05) is 11.2 Å². The number of aromatic nitrogens is 2. The number of rotatable bonds is 2. The third kappa shape index (κ3) is 3.12. The Morgan fingerprint density at radius 3 is 2.76 bits per heavy atom. The van der Waals surface area contributed by atoms with Gasteiger partial charge in [0.05, 0.1) is 22.6 Å². The SMILES string of the molecule is O=C(Nc1cn[nH]c1)Nc1ccc(Cl)cc1Cl. The lowest BCUT2D eigenvalue weighted by atomic mass is 10.3. The van der Waals surface area contributed by atoms with Gasteiger partial charge in [-0.15, -0.1) is 0 Å². The van der Waals surface area contributed by atoms with Gasteiger partial charge in [-0.1, -0.05) is 23.2 Å². The van der Waals surface area contributed by atoms with Crippen LogP contribution in [0.4, 0.5) is 16.2 Å². The number of hydrogen-bond donors (Lipinski definition) is 3. The van der Waals surface area contributed by atoms with E-state index in [4.69, 9.17) is 23.2 Å². The van der Waals surface area contributed by atoms with E-state index in [9.17, 15) is 4.79 Å². The topological polar surface area (TPSA) is 69.8 Å². The van der Waals surface area contributed by atoms with E-state index in [1.54, 1.807) is 24.4 Å². The number of halogens is 2. The molecule has 0 aliphatic rings. The van der Waals surface area contributed by atoms with Crippen LogP contribution < -0.4 is 10.6 Å². The van der Waals surface area contributed by atoms with E-state index in [1.807, 2.05) is 0 Å². The fraction of sp³-hybridized carbons (Fsp3) is 0. The molecule has 0 fully saturated rings. The lowest BCUT2D eigenvalue weighted by Gasteiger charge is -2.07. The summed E-state index contributed by atoms with van der Waals surface area (Å²) in [6.07, 6.45) is 3.05. The highest BCUT2D eigenvalue weighted by atomic mass is 35.5. The van der Waals surface area contributed by atoms with Gasteiger partial charge in [-0.05, 0) is 18.2 Å². The Morgan fingerprint density at radius 2 is 2.12 bits per heavy atom. The quantitative estimate of drug-likeness (QED) is 0.783. The summed E-state index contributed by atoms with van der Waals surface area (Å²) in [5.74, 6) is 0. The van der Waals surface area contributed by atoms with Crippen LogP contribution in [-0.4, -0.2) is 16.2 Å². The van der Waals surface area contributed by atoms with E-state index in [0.29, 0.717) is 21.4 Å². The Balaban J connectivity index is 2.03. The summed E-state index contributed by atoms with van der Waals surface area (Å²) in [5.41, 5.74) is 1.05. The second kappa shape index (κ2) is 5.07. The third-order valence-electron chi connectivity index (χ3n) is 1.94. The van der Waals surface area contributed by atoms with Crippen LogP contribution in [0.5, 0.6) is 0 Å².